The van der Waals surface area contributed by atoms with Crippen LogP contribution >= 0.6 is 0 Å². The summed E-state index contributed by atoms with van der Waals surface area (Å²) >= 11 is 0. The van der Waals surface area contributed by atoms with E-state index in [9.17, 15) is 4.79 Å². The number of unbranched alkanes of at least 4 members (excludes halogenated alkanes) is 1. The lowest BCUT2D eigenvalue weighted by molar-refractivity contribution is -0.148. The Kier molecular flexibility index (Phi) is 8.63. The number of pyridine rings is 1. The molecule has 1 atom stereocenters. The van der Waals surface area contributed by atoms with Gasteiger partial charge in [-0.05, 0) is 57.2 Å². The number of aryl methyl sites for hydroxylation is 1. The second-order valence-electron chi connectivity index (χ2n) is 4.99. The molecule has 0 fully saturated rings. The molecule has 0 aliphatic carbocycles. The van der Waals surface area contributed by atoms with Gasteiger partial charge in [-0.1, -0.05) is 12.5 Å². The van der Waals surface area contributed by atoms with Crippen LogP contribution in [-0.4, -0.2) is 24.1 Å². The van der Waals surface area contributed by atoms with E-state index in [-0.39, 0.29) is 11.9 Å². The Morgan fingerprint density at radius 2 is 2.15 bits per heavy atom. The fourth-order valence-corrected chi connectivity index (χ4v) is 2.27. The quantitative estimate of drug-likeness (QED) is 0.528. The standard InChI is InChI=1S/C16H26N2O2/c1-2-20-16(19)15(9-3-4-11-17)10-5-7-14-8-6-12-18-13-14/h6,8,12-13,15H,2-5,7,9-11,17H2,1H3/t15-/m0/s1. The smallest absolute Gasteiger partial charge is 0.308 e. The molecule has 0 unspecified atom stereocenters. The van der Waals surface area contributed by atoms with Crippen molar-refractivity contribution in [1.29, 1.82) is 0 Å². The molecular weight excluding hydrogens is 252 g/mol. The molecule has 1 rings (SSSR count). The van der Waals surface area contributed by atoms with Crippen molar-refractivity contribution >= 4 is 5.97 Å². The monoisotopic (exact) mass is 278 g/mol. The summed E-state index contributed by atoms with van der Waals surface area (Å²) in [4.78, 5) is 16.0. The van der Waals surface area contributed by atoms with Crippen molar-refractivity contribution in [2.75, 3.05) is 13.2 Å². The molecule has 1 aromatic heterocycles. The van der Waals surface area contributed by atoms with Gasteiger partial charge in [0.15, 0.2) is 0 Å². The molecule has 4 nitrogen and oxygen atoms in total. The zero-order valence-electron chi connectivity index (χ0n) is 12.4. The van der Waals surface area contributed by atoms with Crippen molar-refractivity contribution in [2.24, 2.45) is 11.7 Å². The van der Waals surface area contributed by atoms with Crippen LogP contribution in [0.2, 0.25) is 0 Å². The van der Waals surface area contributed by atoms with Crippen molar-refractivity contribution in [3.63, 3.8) is 0 Å². The number of rotatable bonds is 10. The fourth-order valence-electron chi connectivity index (χ4n) is 2.27. The number of aromatic nitrogens is 1. The third-order valence-corrected chi connectivity index (χ3v) is 3.37. The summed E-state index contributed by atoms with van der Waals surface area (Å²) in [6.07, 6.45) is 9.32. The molecule has 2 N–H and O–H groups in total. The van der Waals surface area contributed by atoms with Gasteiger partial charge in [0, 0.05) is 12.4 Å². The highest BCUT2D eigenvalue weighted by atomic mass is 16.5. The molecular formula is C16H26N2O2. The molecule has 0 aliphatic rings. The van der Waals surface area contributed by atoms with Gasteiger partial charge in [0.1, 0.15) is 0 Å². The van der Waals surface area contributed by atoms with Crippen molar-refractivity contribution in [1.82, 2.24) is 4.98 Å². The van der Waals surface area contributed by atoms with Crippen molar-refractivity contribution in [3.05, 3.63) is 30.1 Å². The molecule has 0 radical (unpaired) electrons. The zero-order valence-corrected chi connectivity index (χ0v) is 12.4. The second-order valence-corrected chi connectivity index (χ2v) is 4.99. The molecule has 0 aliphatic heterocycles. The molecule has 0 spiro atoms. The van der Waals surface area contributed by atoms with Crippen LogP contribution < -0.4 is 5.73 Å². The van der Waals surface area contributed by atoms with Crippen molar-refractivity contribution in [3.8, 4) is 0 Å². The maximum atomic E-state index is 11.9. The van der Waals surface area contributed by atoms with Crippen LogP contribution in [0.15, 0.2) is 24.5 Å². The normalized spacial score (nSPS) is 12.1. The van der Waals surface area contributed by atoms with Crippen LogP contribution in [0, 0.1) is 5.92 Å². The number of carbonyl (C=O) groups excluding carboxylic acids is 1. The van der Waals surface area contributed by atoms with Crippen LogP contribution in [0.1, 0.15) is 44.6 Å². The predicted octanol–water partition coefficient (Wildman–Crippen LogP) is 2.71. The van der Waals surface area contributed by atoms with E-state index in [1.807, 2.05) is 19.2 Å². The summed E-state index contributed by atoms with van der Waals surface area (Å²) in [5, 5.41) is 0. The van der Waals surface area contributed by atoms with Gasteiger partial charge in [-0.15, -0.1) is 0 Å². The minimum absolute atomic E-state index is 0.0122. The van der Waals surface area contributed by atoms with E-state index in [2.05, 4.69) is 11.1 Å². The Labute approximate surface area is 121 Å². The second kappa shape index (κ2) is 10.4. The minimum atomic E-state index is -0.0595. The first-order valence-electron chi connectivity index (χ1n) is 7.53. The van der Waals surface area contributed by atoms with Crippen LogP contribution in [0.5, 0.6) is 0 Å². The van der Waals surface area contributed by atoms with E-state index in [1.165, 1.54) is 5.56 Å². The highest BCUT2D eigenvalue weighted by Crippen LogP contribution is 2.18. The Hall–Kier alpha value is -1.42. The summed E-state index contributed by atoms with van der Waals surface area (Å²) < 4.78 is 5.15. The summed E-state index contributed by atoms with van der Waals surface area (Å²) in [5.41, 5.74) is 6.72. The molecule has 20 heavy (non-hydrogen) atoms. The topological polar surface area (TPSA) is 65.2 Å². The molecule has 0 aromatic carbocycles. The van der Waals surface area contributed by atoms with E-state index < -0.39 is 0 Å². The first-order valence-corrected chi connectivity index (χ1v) is 7.53. The number of carbonyl (C=O) groups is 1. The lowest BCUT2D eigenvalue weighted by Crippen LogP contribution is -2.18. The number of hydrogen-bond donors (Lipinski definition) is 1. The van der Waals surface area contributed by atoms with E-state index in [4.69, 9.17) is 10.5 Å². The average molecular weight is 278 g/mol. The highest BCUT2D eigenvalue weighted by Gasteiger charge is 2.18. The van der Waals surface area contributed by atoms with Crippen LogP contribution in [0.3, 0.4) is 0 Å². The van der Waals surface area contributed by atoms with Gasteiger partial charge in [-0.3, -0.25) is 9.78 Å². The summed E-state index contributed by atoms with van der Waals surface area (Å²) in [6.45, 7) is 2.99. The number of ether oxygens (including phenoxy) is 1. The largest absolute Gasteiger partial charge is 0.466 e. The molecule has 1 aromatic rings. The number of hydrogen-bond acceptors (Lipinski definition) is 4. The van der Waals surface area contributed by atoms with E-state index in [0.29, 0.717) is 13.2 Å². The maximum absolute atomic E-state index is 11.9. The van der Waals surface area contributed by atoms with Gasteiger partial charge in [-0.25, -0.2) is 0 Å². The Morgan fingerprint density at radius 1 is 1.35 bits per heavy atom. The lowest BCUT2D eigenvalue weighted by atomic mass is 9.95. The zero-order chi connectivity index (χ0) is 14.6. The van der Waals surface area contributed by atoms with Gasteiger partial charge in [0.25, 0.3) is 0 Å². The lowest BCUT2D eigenvalue weighted by Gasteiger charge is -2.15. The van der Waals surface area contributed by atoms with Crippen molar-refractivity contribution < 1.29 is 9.53 Å². The minimum Gasteiger partial charge on any atom is -0.466 e. The Balaban J connectivity index is 2.36. The van der Waals surface area contributed by atoms with Gasteiger partial charge in [-0.2, -0.15) is 0 Å². The molecule has 4 heteroatoms. The van der Waals surface area contributed by atoms with E-state index in [1.54, 1.807) is 6.20 Å². The van der Waals surface area contributed by atoms with E-state index in [0.717, 1.165) is 38.5 Å². The third kappa shape index (κ3) is 6.66. The summed E-state index contributed by atoms with van der Waals surface area (Å²) in [7, 11) is 0. The SMILES string of the molecule is CCOC(=O)[C@@H](CCCCN)CCCc1cccnc1. The fraction of sp³-hybridized carbons (Fsp3) is 0.625. The molecule has 0 amide bonds. The average Bonchev–Trinajstić information content (AvgIpc) is 2.47. The van der Waals surface area contributed by atoms with Gasteiger partial charge >= 0.3 is 5.97 Å². The van der Waals surface area contributed by atoms with Crippen LogP contribution in [0.4, 0.5) is 0 Å². The number of nitrogens with zero attached hydrogens (tertiary/aromatic N) is 1. The molecule has 112 valence electrons. The van der Waals surface area contributed by atoms with Gasteiger partial charge in [0.05, 0.1) is 12.5 Å². The van der Waals surface area contributed by atoms with Crippen LogP contribution in [-0.2, 0) is 16.0 Å². The summed E-state index contributed by atoms with van der Waals surface area (Å²) in [6, 6.07) is 4.01. The highest BCUT2D eigenvalue weighted by molar-refractivity contribution is 5.72. The molecule has 0 saturated carbocycles. The number of esters is 1. The first-order chi connectivity index (χ1) is 9.77. The molecule has 0 bridgehead atoms. The maximum Gasteiger partial charge on any atom is 0.308 e. The Bertz CT molecular complexity index is 368. The van der Waals surface area contributed by atoms with Crippen molar-refractivity contribution in [2.45, 2.75) is 45.4 Å². The first kappa shape index (κ1) is 16.6. The van der Waals surface area contributed by atoms with Gasteiger partial charge in [0.2, 0.25) is 0 Å². The number of nitrogens with two attached hydrogens (primary N) is 1. The summed E-state index contributed by atoms with van der Waals surface area (Å²) in [5.74, 6) is -0.0473. The van der Waals surface area contributed by atoms with Crippen LogP contribution in [0.25, 0.3) is 0 Å². The van der Waals surface area contributed by atoms with Gasteiger partial charge < -0.3 is 10.5 Å². The molecule has 0 saturated heterocycles. The van der Waals surface area contributed by atoms with E-state index >= 15 is 0 Å². The third-order valence-electron chi connectivity index (χ3n) is 3.37. The Morgan fingerprint density at radius 3 is 2.80 bits per heavy atom. The predicted molar refractivity (Wildman–Crippen MR) is 80.2 cm³/mol. The molecule has 1 heterocycles.